The number of thioether (sulfide) groups is 1. The zero-order valence-electron chi connectivity index (χ0n) is 11.2. The third kappa shape index (κ3) is 4.47. The van der Waals surface area contributed by atoms with Crippen molar-refractivity contribution in [1.82, 2.24) is 0 Å². The Morgan fingerprint density at radius 2 is 1.95 bits per heavy atom. The molecular formula is C16H13F2NOS. The lowest BCUT2D eigenvalue weighted by Crippen LogP contribution is -2.00. The van der Waals surface area contributed by atoms with Crippen molar-refractivity contribution in [3.05, 3.63) is 59.7 Å². The highest BCUT2D eigenvalue weighted by Gasteiger charge is 2.05. The first-order valence-corrected chi connectivity index (χ1v) is 7.39. The monoisotopic (exact) mass is 305 g/mol. The largest absolute Gasteiger partial charge is 0.492 e. The zero-order chi connectivity index (χ0) is 15.1. The number of halogens is 2. The first-order chi connectivity index (χ1) is 10.2. The summed E-state index contributed by atoms with van der Waals surface area (Å²) in [4.78, 5) is 0.425. The van der Waals surface area contributed by atoms with E-state index in [0.717, 1.165) is 6.07 Å². The van der Waals surface area contributed by atoms with Crippen LogP contribution in [0.4, 0.5) is 8.78 Å². The summed E-state index contributed by atoms with van der Waals surface area (Å²) in [7, 11) is 0. The van der Waals surface area contributed by atoms with E-state index in [4.69, 9.17) is 10.00 Å². The Hall–Kier alpha value is -2.06. The highest BCUT2D eigenvalue weighted by Crippen LogP contribution is 2.23. The predicted molar refractivity (Wildman–Crippen MR) is 78.4 cm³/mol. The van der Waals surface area contributed by atoms with Crippen molar-refractivity contribution >= 4 is 11.8 Å². The van der Waals surface area contributed by atoms with E-state index in [1.54, 1.807) is 24.3 Å². The number of hydrogen-bond donors (Lipinski definition) is 0. The van der Waals surface area contributed by atoms with Crippen LogP contribution in [0, 0.1) is 23.0 Å². The number of nitriles is 1. The van der Waals surface area contributed by atoms with Crippen LogP contribution >= 0.6 is 11.8 Å². The van der Waals surface area contributed by atoms with Crippen LogP contribution < -0.4 is 4.74 Å². The summed E-state index contributed by atoms with van der Waals surface area (Å²) in [5.74, 6) is 0.0825. The van der Waals surface area contributed by atoms with Gasteiger partial charge in [-0.3, -0.25) is 0 Å². The van der Waals surface area contributed by atoms with E-state index in [0.29, 0.717) is 35.0 Å². The van der Waals surface area contributed by atoms with Crippen LogP contribution in [0.1, 0.15) is 12.0 Å². The number of hydrogen-bond acceptors (Lipinski definition) is 3. The zero-order valence-corrected chi connectivity index (χ0v) is 12.0. The van der Waals surface area contributed by atoms with E-state index in [1.165, 1.54) is 23.9 Å². The molecule has 0 atom stereocenters. The number of benzene rings is 2. The van der Waals surface area contributed by atoms with E-state index in [-0.39, 0.29) is 0 Å². The summed E-state index contributed by atoms with van der Waals surface area (Å²) in [5.41, 5.74) is 0.495. The first-order valence-electron chi connectivity index (χ1n) is 6.40. The molecule has 0 aromatic heterocycles. The standard InChI is InChI=1S/C16H13F2NOS/c17-13-6-7-16(14(18)10-13)21-9-3-8-20-15-5-2-1-4-12(15)11-19/h1-2,4-7,10H,3,8-9H2. The Morgan fingerprint density at radius 1 is 1.14 bits per heavy atom. The van der Waals surface area contributed by atoms with Gasteiger partial charge in [-0.05, 0) is 30.7 Å². The fourth-order valence-electron chi connectivity index (χ4n) is 1.70. The van der Waals surface area contributed by atoms with Gasteiger partial charge in [0.25, 0.3) is 0 Å². The molecular weight excluding hydrogens is 292 g/mol. The van der Waals surface area contributed by atoms with Crippen molar-refractivity contribution in [3.8, 4) is 11.8 Å². The van der Waals surface area contributed by atoms with Gasteiger partial charge in [0.15, 0.2) is 0 Å². The Labute approximate surface area is 126 Å². The number of nitrogens with zero attached hydrogens (tertiary/aromatic N) is 1. The molecule has 2 aromatic rings. The third-order valence-electron chi connectivity index (χ3n) is 2.71. The van der Waals surface area contributed by atoms with E-state index in [9.17, 15) is 8.78 Å². The molecule has 0 aliphatic heterocycles. The molecule has 0 aliphatic carbocycles. The Morgan fingerprint density at radius 3 is 2.71 bits per heavy atom. The van der Waals surface area contributed by atoms with Gasteiger partial charge in [-0.1, -0.05) is 12.1 Å². The van der Waals surface area contributed by atoms with Gasteiger partial charge in [0.05, 0.1) is 12.2 Å². The predicted octanol–water partition coefficient (Wildman–Crippen LogP) is 4.40. The molecule has 0 spiro atoms. The number of para-hydroxylation sites is 1. The van der Waals surface area contributed by atoms with E-state index >= 15 is 0 Å². The molecule has 0 saturated carbocycles. The van der Waals surface area contributed by atoms with E-state index in [1.807, 2.05) is 0 Å². The van der Waals surface area contributed by atoms with Gasteiger partial charge >= 0.3 is 0 Å². The Kier molecular flexibility index (Phi) is 5.59. The average Bonchev–Trinajstić information content (AvgIpc) is 2.49. The second-order valence-corrected chi connectivity index (χ2v) is 5.37. The van der Waals surface area contributed by atoms with Crippen molar-refractivity contribution < 1.29 is 13.5 Å². The molecule has 0 amide bonds. The molecule has 2 rings (SSSR count). The van der Waals surface area contributed by atoms with Gasteiger partial charge in [-0.25, -0.2) is 8.78 Å². The summed E-state index contributed by atoms with van der Waals surface area (Å²) < 4.78 is 31.7. The first kappa shape index (κ1) is 15.3. The lowest BCUT2D eigenvalue weighted by Gasteiger charge is -2.07. The maximum Gasteiger partial charge on any atom is 0.139 e. The van der Waals surface area contributed by atoms with Crippen LogP contribution in [0.5, 0.6) is 5.75 Å². The molecule has 2 aromatic carbocycles. The van der Waals surface area contributed by atoms with Gasteiger partial charge < -0.3 is 4.74 Å². The Balaban J connectivity index is 1.76. The van der Waals surface area contributed by atoms with Crippen LogP contribution in [0.3, 0.4) is 0 Å². The summed E-state index contributed by atoms with van der Waals surface area (Å²) in [6, 6.07) is 12.6. The number of ether oxygens (including phenoxy) is 1. The maximum absolute atomic E-state index is 13.4. The second-order valence-electron chi connectivity index (χ2n) is 4.23. The summed E-state index contributed by atoms with van der Waals surface area (Å²) in [6.45, 7) is 0.439. The molecule has 0 aliphatic rings. The fourth-order valence-corrected chi connectivity index (χ4v) is 2.54. The van der Waals surface area contributed by atoms with Crippen LogP contribution in [-0.4, -0.2) is 12.4 Å². The molecule has 0 saturated heterocycles. The minimum absolute atomic E-state index is 0.425. The molecule has 0 bridgehead atoms. The molecule has 108 valence electrons. The molecule has 2 nitrogen and oxygen atoms in total. The molecule has 21 heavy (non-hydrogen) atoms. The van der Waals surface area contributed by atoms with Crippen molar-refractivity contribution in [3.63, 3.8) is 0 Å². The van der Waals surface area contributed by atoms with Gasteiger partial charge in [0, 0.05) is 16.7 Å². The van der Waals surface area contributed by atoms with Gasteiger partial charge in [0.1, 0.15) is 23.5 Å². The average molecular weight is 305 g/mol. The van der Waals surface area contributed by atoms with Crippen LogP contribution in [-0.2, 0) is 0 Å². The molecule has 5 heteroatoms. The minimum Gasteiger partial charge on any atom is -0.492 e. The topological polar surface area (TPSA) is 33.0 Å². The fraction of sp³-hybridized carbons (Fsp3) is 0.188. The summed E-state index contributed by atoms with van der Waals surface area (Å²) in [6.07, 6.45) is 0.696. The van der Waals surface area contributed by atoms with Crippen LogP contribution in [0.15, 0.2) is 47.4 Å². The summed E-state index contributed by atoms with van der Waals surface area (Å²) in [5, 5.41) is 8.92. The molecule has 0 N–H and O–H groups in total. The summed E-state index contributed by atoms with van der Waals surface area (Å²) >= 11 is 1.31. The second kappa shape index (κ2) is 7.65. The molecule has 0 unspecified atom stereocenters. The third-order valence-corrected chi connectivity index (χ3v) is 3.84. The lowest BCUT2D eigenvalue weighted by molar-refractivity contribution is 0.318. The maximum atomic E-state index is 13.4. The highest BCUT2D eigenvalue weighted by molar-refractivity contribution is 7.99. The van der Waals surface area contributed by atoms with Crippen molar-refractivity contribution in [1.29, 1.82) is 5.26 Å². The van der Waals surface area contributed by atoms with Gasteiger partial charge in [-0.2, -0.15) is 5.26 Å². The van der Waals surface area contributed by atoms with Crippen molar-refractivity contribution in [2.24, 2.45) is 0 Å². The Bertz CT molecular complexity index is 655. The smallest absolute Gasteiger partial charge is 0.139 e. The minimum atomic E-state index is -0.576. The quantitative estimate of drug-likeness (QED) is 0.586. The van der Waals surface area contributed by atoms with Gasteiger partial charge in [0.2, 0.25) is 0 Å². The van der Waals surface area contributed by atoms with E-state index < -0.39 is 11.6 Å². The molecule has 0 radical (unpaired) electrons. The SMILES string of the molecule is N#Cc1ccccc1OCCCSc1ccc(F)cc1F. The lowest BCUT2D eigenvalue weighted by atomic mass is 10.2. The van der Waals surface area contributed by atoms with Crippen molar-refractivity contribution in [2.75, 3.05) is 12.4 Å². The van der Waals surface area contributed by atoms with Crippen LogP contribution in [0.2, 0.25) is 0 Å². The highest BCUT2D eigenvalue weighted by atomic mass is 32.2. The number of rotatable bonds is 6. The molecule has 0 fully saturated rings. The van der Waals surface area contributed by atoms with E-state index in [2.05, 4.69) is 6.07 Å². The van der Waals surface area contributed by atoms with Crippen LogP contribution in [0.25, 0.3) is 0 Å². The van der Waals surface area contributed by atoms with Crippen molar-refractivity contribution in [2.45, 2.75) is 11.3 Å². The molecule has 0 heterocycles. The van der Waals surface area contributed by atoms with Gasteiger partial charge in [-0.15, -0.1) is 11.8 Å². The normalized spacial score (nSPS) is 10.1.